The Morgan fingerprint density at radius 1 is 1.08 bits per heavy atom. The Kier molecular flexibility index (Phi) is 5.12. The highest BCUT2D eigenvalue weighted by Gasteiger charge is 2.13. The van der Waals surface area contributed by atoms with Crippen LogP contribution in [0.5, 0.6) is 0 Å². The number of thiophene rings is 1. The summed E-state index contributed by atoms with van der Waals surface area (Å²) in [5, 5.41) is 15.5. The Balaban J connectivity index is 1.36. The number of thioether (sulfide) groups is 1. The van der Waals surface area contributed by atoms with Gasteiger partial charge in [-0.15, -0.1) is 21.5 Å². The Morgan fingerprint density at radius 2 is 1.96 bits per heavy atom. The van der Waals surface area contributed by atoms with Crippen molar-refractivity contribution in [3.05, 3.63) is 65.1 Å². The second-order valence-corrected chi connectivity index (χ2v) is 7.61. The molecular formula is C18H17N5OS2. The van der Waals surface area contributed by atoms with E-state index in [4.69, 9.17) is 4.52 Å². The van der Waals surface area contributed by atoms with Crippen LogP contribution in [-0.2, 0) is 25.6 Å². The molecule has 0 radical (unpaired) electrons. The number of rotatable bonds is 7. The molecule has 0 aliphatic carbocycles. The van der Waals surface area contributed by atoms with Crippen LogP contribution in [0.1, 0.15) is 17.3 Å². The molecule has 8 heteroatoms. The highest BCUT2D eigenvalue weighted by Crippen LogP contribution is 2.24. The van der Waals surface area contributed by atoms with E-state index in [1.54, 1.807) is 23.1 Å². The molecular weight excluding hydrogens is 366 g/mol. The summed E-state index contributed by atoms with van der Waals surface area (Å²) in [5.41, 5.74) is 1.30. The van der Waals surface area contributed by atoms with Crippen molar-refractivity contribution in [1.29, 1.82) is 0 Å². The minimum Gasteiger partial charge on any atom is -0.338 e. The van der Waals surface area contributed by atoms with E-state index in [0.29, 0.717) is 17.5 Å². The first kappa shape index (κ1) is 17.0. The van der Waals surface area contributed by atoms with Crippen LogP contribution in [0.15, 0.2) is 57.5 Å². The quantitative estimate of drug-likeness (QED) is 0.449. The SMILES string of the molecule is Cn1c(CCc2ccccc2)nnc1SCc1nc(-c2cccs2)no1. The second-order valence-electron chi connectivity index (χ2n) is 5.72. The molecule has 132 valence electrons. The third-order valence-corrected chi connectivity index (χ3v) is 5.81. The van der Waals surface area contributed by atoms with E-state index >= 15 is 0 Å². The molecule has 3 heterocycles. The first-order chi connectivity index (χ1) is 12.8. The maximum absolute atomic E-state index is 5.33. The van der Waals surface area contributed by atoms with Crippen molar-refractivity contribution < 1.29 is 4.52 Å². The summed E-state index contributed by atoms with van der Waals surface area (Å²) in [6.45, 7) is 0. The van der Waals surface area contributed by atoms with Gasteiger partial charge < -0.3 is 9.09 Å². The van der Waals surface area contributed by atoms with E-state index in [-0.39, 0.29) is 0 Å². The summed E-state index contributed by atoms with van der Waals surface area (Å²) in [5.74, 6) is 2.77. The van der Waals surface area contributed by atoms with Crippen LogP contribution in [0.3, 0.4) is 0 Å². The summed E-state index contributed by atoms with van der Waals surface area (Å²) >= 11 is 3.14. The molecule has 0 N–H and O–H groups in total. The maximum Gasteiger partial charge on any atom is 0.237 e. The average Bonchev–Trinajstić information content (AvgIpc) is 3.41. The summed E-state index contributed by atoms with van der Waals surface area (Å²) in [7, 11) is 1.99. The summed E-state index contributed by atoms with van der Waals surface area (Å²) in [6.07, 6.45) is 1.81. The fourth-order valence-corrected chi connectivity index (χ4v) is 3.95. The molecule has 4 aromatic rings. The molecule has 0 aliphatic heterocycles. The van der Waals surface area contributed by atoms with Crippen LogP contribution in [0.25, 0.3) is 10.7 Å². The zero-order valence-corrected chi connectivity index (χ0v) is 15.8. The smallest absolute Gasteiger partial charge is 0.237 e. The molecule has 0 unspecified atom stereocenters. The summed E-state index contributed by atoms with van der Waals surface area (Å²) < 4.78 is 7.36. The molecule has 0 aliphatic rings. The summed E-state index contributed by atoms with van der Waals surface area (Å²) in [4.78, 5) is 5.44. The van der Waals surface area contributed by atoms with Gasteiger partial charge >= 0.3 is 0 Å². The fourth-order valence-electron chi connectivity index (χ4n) is 2.53. The maximum atomic E-state index is 5.33. The van der Waals surface area contributed by atoms with Crippen LogP contribution in [0, 0.1) is 0 Å². The minimum atomic E-state index is 0.572. The molecule has 0 bridgehead atoms. The average molecular weight is 384 g/mol. The lowest BCUT2D eigenvalue weighted by Gasteiger charge is -2.03. The predicted molar refractivity (Wildman–Crippen MR) is 102 cm³/mol. The van der Waals surface area contributed by atoms with Crippen molar-refractivity contribution in [2.75, 3.05) is 0 Å². The van der Waals surface area contributed by atoms with Crippen LogP contribution < -0.4 is 0 Å². The first-order valence-corrected chi connectivity index (χ1v) is 10.1. The minimum absolute atomic E-state index is 0.572. The van der Waals surface area contributed by atoms with Crippen LogP contribution >= 0.6 is 23.1 Å². The zero-order chi connectivity index (χ0) is 17.8. The van der Waals surface area contributed by atoms with Gasteiger partial charge in [0.2, 0.25) is 11.7 Å². The van der Waals surface area contributed by atoms with Gasteiger partial charge in [0.05, 0.1) is 10.6 Å². The number of aryl methyl sites for hydroxylation is 2. The molecule has 4 rings (SSSR count). The monoisotopic (exact) mass is 383 g/mol. The Morgan fingerprint density at radius 3 is 2.77 bits per heavy atom. The predicted octanol–water partition coefficient (Wildman–Crippen LogP) is 4.00. The molecule has 0 fully saturated rings. The molecule has 1 aromatic carbocycles. The van der Waals surface area contributed by atoms with E-state index in [9.17, 15) is 0 Å². The van der Waals surface area contributed by atoms with Gasteiger partial charge in [-0.2, -0.15) is 4.98 Å². The molecule has 6 nitrogen and oxygen atoms in total. The summed E-state index contributed by atoms with van der Waals surface area (Å²) in [6, 6.07) is 14.4. The number of hydrogen-bond donors (Lipinski definition) is 0. The van der Waals surface area contributed by atoms with Crippen LogP contribution in [0.4, 0.5) is 0 Å². The molecule has 0 spiro atoms. The van der Waals surface area contributed by atoms with Gasteiger partial charge in [0.15, 0.2) is 5.16 Å². The van der Waals surface area contributed by atoms with Crippen molar-refractivity contribution in [3.63, 3.8) is 0 Å². The van der Waals surface area contributed by atoms with Gasteiger partial charge in [0.25, 0.3) is 0 Å². The number of aromatic nitrogens is 5. The Labute approximate surface area is 159 Å². The number of hydrogen-bond acceptors (Lipinski definition) is 7. The van der Waals surface area contributed by atoms with Gasteiger partial charge in [0, 0.05) is 13.5 Å². The molecule has 3 aromatic heterocycles. The molecule has 0 atom stereocenters. The number of benzene rings is 1. The van der Waals surface area contributed by atoms with Gasteiger partial charge in [0.1, 0.15) is 5.82 Å². The Bertz CT molecular complexity index is 963. The lowest BCUT2D eigenvalue weighted by molar-refractivity contribution is 0.391. The van der Waals surface area contributed by atoms with Crippen molar-refractivity contribution in [3.8, 4) is 10.7 Å². The fraction of sp³-hybridized carbons (Fsp3) is 0.222. The van der Waals surface area contributed by atoms with Crippen molar-refractivity contribution in [2.45, 2.75) is 23.8 Å². The lowest BCUT2D eigenvalue weighted by Crippen LogP contribution is -2.01. The molecule has 0 saturated heterocycles. The van der Waals surface area contributed by atoms with Crippen molar-refractivity contribution in [2.24, 2.45) is 7.05 Å². The largest absolute Gasteiger partial charge is 0.338 e. The van der Waals surface area contributed by atoms with Gasteiger partial charge in [-0.1, -0.05) is 53.3 Å². The highest BCUT2D eigenvalue weighted by atomic mass is 32.2. The van der Waals surface area contributed by atoms with E-state index in [0.717, 1.165) is 28.7 Å². The first-order valence-electron chi connectivity index (χ1n) is 8.21. The lowest BCUT2D eigenvalue weighted by atomic mass is 10.1. The van der Waals surface area contributed by atoms with Gasteiger partial charge in [-0.3, -0.25) is 0 Å². The van der Waals surface area contributed by atoms with Crippen LogP contribution in [0.2, 0.25) is 0 Å². The topological polar surface area (TPSA) is 69.6 Å². The van der Waals surface area contributed by atoms with Gasteiger partial charge in [-0.05, 0) is 23.4 Å². The van der Waals surface area contributed by atoms with Crippen LogP contribution in [-0.4, -0.2) is 24.9 Å². The van der Waals surface area contributed by atoms with E-state index < -0.39 is 0 Å². The standard InChI is InChI=1S/C18H17N5OS2/c1-23-15(10-9-13-6-3-2-4-7-13)20-21-18(23)26-12-16-19-17(22-24-16)14-8-5-11-25-14/h2-8,11H,9-10,12H2,1H3. The third-order valence-electron chi connectivity index (χ3n) is 3.94. The van der Waals surface area contributed by atoms with E-state index in [1.807, 2.05) is 35.2 Å². The van der Waals surface area contributed by atoms with Crippen molar-refractivity contribution >= 4 is 23.1 Å². The van der Waals surface area contributed by atoms with Crippen molar-refractivity contribution in [1.82, 2.24) is 24.9 Å². The molecule has 26 heavy (non-hydrogen) atoms. The Hall–Kier alpha value is -2.45. The zero-order valence-electron chi connectivity index (χ0n) is 14.2. The second kappa shape index (κ2) is 7.84. The molecule has 0 amide bonds. The van der Waals surface area contributed by atoms with E-state index in [2.05, 4.69) is 44.6 Å². The van der Waals surface area contributed by atoms with E-state index in [1.165, 1.54) is 5.56 Å². The highest BCUT2D eigenvalue weighted by molar-refractivity contribution is 7.98. The molecule has 0 saturated carbocycles. The number of nitrogens with zero attached hydrogens (tertiary/aromatic N) is 5. The third kappa shape index (κ3) is 3.86. The van der Waals surface area contributed by atoms with Gasteiger partial charge in [-0.25, -0.2) is 0 Å². The normalized spacial score (nSPS) is 11.1.